The van der Waals surface area contributed by atoms with Crippen molar-refractivity contribution in [1.82, 2.24) is 10.2 Å². The summed E-state index contributed by atoms with van der Waals surface area (Å²) in [6.45, 7) is 2.15. The molecule has 2 aliphatic heterocycles. The van der Waals surface area contributed by atoms with Crippen LogP contribution in [0.1, 0.15) is 31.2 Å². The molecule has 1 saturated heterocycles. The first-order chi connectivity index (χ1) is 11.6. The van der Waals surface area contributed by atoms with E-state index in [9.17, 15) is 9.59 Å². The second-order valence-electron chi connectivity index (χ2n) is 7.02. The van der Waals surface area contributed by atoms with Gasteiger partial charge in [-0.05, 0) is 55.9 Å². The van der Waals surface area contributed by atoms with Crippen LogP contribution in [0.4, 0.5) is 10.5 Å². The Balaban J connectivity index is 1.39. The number of anilines is 1. The molecule has 6 heteroatoms. The monoisotopic (exact) mass is 347 g/mol. The molecule has 1 aliphatic carbocycles. The predicted molar refractivity (Wildman–Crippen MR) is 93.4 cm³/mol. The van der Waals surface area contributed by atoms with Gasteiger partial charge in [0.15, 0.2) is 0 Å². The lowest BCUT2D eigenvalue weighted by atomic mass is 10.1. The number of nitrogens with zero attached hydrogens (tertiary/aromatic N) is 2. The second-order valence-corrected chi connectivity index (χ2v) is 7.46. The van der Waals surface area contributed by atoms with E-state index in [1.807, 2.05) is 23.1 Å². The van der Waals surface area contributed by atoms with Gasteiger partial charge >= 0.3 is 6.03 Å². The SMILES string of the molecule is O=C(C1CC1)N1CCCC(NC(=O)N2CCc3cc(Cl)ccc32)C1. The Kier molecular flexibility index (Phi) is 4.12. The molecule has 4 rings (SSSR count). The van der Waals surface area contributed by atoms with Crippen molar-refractivity contribution in [1.29, 1.82) is 0 Å². The Hall–Kier alpha value is -1.75. The summed E-state index contributed by atoms with van der Waals surface area (Å²) in [5, 5.41) is 3.83. The summed E-state index contributed by atoms with van der Waals surface area (Å²) < 4.78 is 0. The van der Waals surface area contributed by atoms with Gasteiger partial charge in [0, 0.05) is 42.3 Å². The lowest BCUT2D eigenvalue weighted by Crippen LogP contribution is -2.52. The van der Waals surface area contributed by atoms with Crippen molar-refractivity contribution in [2.24, 2.45) is 5.92 Å². The van der Waals surface area contributed by atoms with Gasteiger partial charge in [-0.15, -0.1) is 0 Å². The number of hydrogen-bond acceptors (Lipinski definition) is 2. The van der Waals surface area contributed by atoms with Crippen LogP contribution in [0.3, 0.4) is 0 Å². The van der Waals surface area contributed by atoms with E-state index in [-0.39, 0.29) is 23.9 Å². The van der Waals surface area contributed by atoms with Gasteiger partial charge in [-0.3, -0.25) is 9.69 Å². The molecule has 0 bridgehead atoms. The quantitative estimate of drug-likeness (QED) is 0.894. The summed E-state index contributed by atoms with van der Waals surface area (Å²) in [4.78, 5) is 28.6. The highest BCUT2D eigenvalue weighted by molar-refractivity contribution is 6.30. The standard InChI is InChI=1S/C18H22ClN3O2/c19-14-5-6-16-13(10-14)7-9-22(16)18(24)20-15-2-1-8-21(11-15)17(23)12-3-4-12/h5-6,10,12,15H,1-4,7-9,11H2,(H,20,24). The zero-order chi connectivity index (χ0) is 16.7. The van der Waals surface area contributed by atoms with Crippen molar-refractivity contribution < 1.29 is 9.59 Å². The number of hydrogen-bond donors (Lipinski definition) is 1. The number of benzene rings is 1. The average molecular weight is 348 g/mol. The lowest BCUT2D eigenvalue weighted by Gasteiger charge is -2.34. The van der Waals surface area contributed by atoms with E-state index in [0.717, 1.165) is 49.9 Å². The molecule has 1 saturated carbocycles. The normalized spacial score (nSPS) is 23.1. The smallest absolute Gasteiger partial charge is 0.322 e. The first-order valence-electron chi connectivity index (χ1n) is 8.77. The molecular formula is C18H22ClN3O2. The first kappa shape index (κ1) is 15.8. The van der Waals surface area contributed by atoms with E-state index >= 15 is 0 Å². The van der Waals surface area contributed by atoms with Crippen LogP contribution in [-0.2, 0) is 11.2 Å². The molecule has 1 aromatic carbocycles. The number of carbonyl (C=O) groups excluding carboxylic acids is 2. The van der Waals surface area contributed by atoms with Crippen molar-refractivity contribution in [2.45, 2.75) is 38.1 Å². The molecule has 0 spiro atoms. The van der Waals surface area contributed by atoms with Crippen molar-refractivity contribution in [3.05, 3.63) is 28.8 Å². The number of piperidine rings is 1. The van der Waals surface area contributed by atoms with Gasteiger partial charge in [-0.1, -0.05) is 11.6 Å². The molecule has 1 unspecified atom stereocenters. The Morgan fingerprint density at radius 1 is 1.17 bits per heavy atom. The van der Waals surface area contributed by atoms with Crippen molar-refractivity contribution in [2.75, 3.05) is 24.5 Å². The molecule has 1 aromatic rings. The van der Waals surface area contributed by atoms with Crippen LogP contribution in [0.2, 0.25) is 5.02 Å². The molecule has 0 radical (unpaired) electrons. The Bertz CT molecular complexity index is 674. The van der Waals surface area contributed by atoms with Gasteiger partial charge in [0.2, 0.25) is 5.91 Å². The van der Waals surface area contributed by atoms with E-state index in [4.69, 9.17) is 11.6 Å². The fourth-order valence-electron chi connectivity index (χ4n) is 3.72. The number of urea groups is 1. The highest BCUT2D eigenvalue weighted by atomic mass is 35.5. The Morgan fingerprint density at radius 3 is 2.79 bits per heavy atom. The summed E-state index contributed by atoms with van der Waals surface area (Å²) >= 11 is 6.03. The number of halogens is 1. The summed E-state index contributed by atoms with van der Waals surface area (Å²) in [6.07, 6.45) is 4.77. The van der Waals surface area contributed by atoms with Crippen LogP contribution in [0, 0.1) is 5.92 Å². The van der Waals surface area contributed by atoms with Gasteiger partial charge in [-0.25, -0.2) is 4.79 Å². The number of amides is 3. The molecule has 1 atom stereocenters. The van der Waals surface area contributed by atoms with Crippen molar-refractivity contribution in [3.63, 3.8) is 0 Å². The Labute approximate surface area is 146 Å². The minimum Gasteiger partial charge on any atom is -0.340 e. The molecular weight excluding hydrogens is 326 g/mol. The van der Waals surface area contributed by atoms with Gasteiger partial charge in [0.25, 0.3) is 0 Å². The van der Waals surface area contributed by atoms with E-state index in [1.165, 1.54) is 0 Å². The van der Waals surface area contributed by atoms with Gasteiger partial charge in [0.05, 0.1) is 0 Å². The van der Waals surface area contributed by atoms with Crippen LogP contribution < -0.4 is 10.2 Å². The molecule has 3 amide bonds. The number of fused-ring (bicyclic) bond motifs is 1. The number of likely N-dealkylation sites (tertiary alicyclic amines) is 1. The van der Waals surface area contributed by atoms with Crippen LogP contribution in [-0.4, -0.2) is 42.5 Å². The van der Waals surface area contributed by atoms with Crippen LogP contribution in [0.25, 0.3) is 0 Å². The number of rotatable bonds is 2. The molecule has 2 fully saturated rings. The predicted octanol–water partition coefficient (Wildman–Crippen LogP) is 2.81. The number of nitrogens with one attached hydrogen (secondary N) is 1. The highest BCUT2D eigenvalue weighted by Gasteiger charge is 2.36. The van der Waals surface area contributed by atoms with E-state index < -0.39 is 0 Å². The van der Waals surface area contributed by atoms with E-state index in [2.05, 4.69) is 5.32 Å². The number of carbonyl (C=O) groups is 2. The molecule has 2 heterocycles. The minimum atomic E-state index is -0.0678. The average Bonchev–Trinajstić information content (AvgIpc) is 3.34. The maximum absolute atomic E-state index is 12.7. The largest absolute Gasteiger partial charge is 0.340 e. The third kappa shape index (κ3) is 3.09. The van der Waals surface area contributed by atoms with E-state index in [0.29, 0.717) is 18.1 Å². The zero-order valence-electron chi connectivity index (χ0n) is 13.6. The second kappa shape index (κ2) is 6.28. The molecule has 5 nitrogen and oxygen atoms in total. The Morgan fingerprint density at radius 2 is 2.00 bits per heavy atom. The molecule has 0 aromatic heterocycles. The summed E-state index contributed by atoms with van der Waals surface area (Å²) in [5.41, 5.74) is 2.06. The fraction of sp³-hybridized carbons (Fsp3) is 0.556. The third-order valence-electron chi connectivity index (χ3n) is 5.17. The van der Waals surface area contributed by atoms with Crippen LogP contribution >= 0.6 is 11.6 Å². The third-order valence-corrected chi connectivity index (χ3v) is 5.40. The topological polar surface area (TPSA) is 52.7 Å². The van der Waals surface area contributed by atoms with Gasteiger partial charge in [-0.2, -0.15) is 0 Å². The fourth-order valence-corrected chi connectivity index (χ4v) is 3.91. The maximum atomic E-state index is 12.7. The first-order valence-corrected chi connectivity index (χ1v) is 9.15. The lowest BCUT2D eigenvalue weighted by molar-refractivity contribution is -0.133. The zero-order valence-corrected chi connectivity index (χ0v) is 14.4. The minimum absolute atomic E-state index is 0.0466. The molecule has 128 valence electrons. The van der Waals surface area contributed by atoms with Crippen LogP contribution in [0.5, 0.6) is 0 Å². The van der Waals surface area contributed by atoms with Crippen LogP contribution in [0.15, 0.2) is 18.2 Å². The molecule has 3 aliphatic rings. The van der Waals surface area contributed by atoms with Crippen molar-refractivity contribution >= 4 is 29.2 Å². The summed E-state index contributed by atoms with van der Waals surface area (Å²) in [6, 6.07) is 5.64. The van der Waals surface area contributed by atoms with Gasteiger partial charge in [0.1, 0.15) is 0 Å². The summed E-state index contributed by atoms with van der Waals surface area (Å²) in [5.74, 6) is 0.518. The maximum Gasteiger partial charge on any atom is 0.322 e. The highest BCUT2D eigenvalue weighted by Crippen LogP contribution is 2.32. The van der Waals surface area contributed by atoms with E-state index in [1.54, 1.807) is 4.90 Å². The molecule has 1 N–H and O–H groups in total. The molecule has 24 heavy (non-hydrogen) atoms. The summed E-state index contributed by atoms with van der Waals surface area (Å²) in [7, 11) is 0. The van der Waals surface area contributed by atoms with Gasteiger partial charge < -0.3 is 10.2 Å². The van der Waals surface area contributed by atoms with Crippen molar-refractivity contribution in [3.8, 4) is 0 Å².